The van der Waals surface area contributed by atoms with Crippen LogP contribution in [0.4, 0.5) is 0 Å². The summed E-state index contributed by atoms with van der Waals surface area (Å²) in [6.07, 6.45) is 1.62. The first-order valence-electron chi connectivity index (χ1n) is 5.09. The van der Waals surface area contributed by atoms with Gasteiger partial charge >= 0.3 is 0 Å². The fourth-order valence-electron chi connectivity index (χ4n) is 1.87. The maximum absolute atomic E-state index is 8.75. The van der Waals surface area contributed by atoms with Crippen LogP contribution in [0.3, 0.4) is 0 Å². The number of benzene rings is 1. The van der Waals surface area contributed by atoms with Crippen molar-refractivity contribution in [2.24, 2.45) is 5.73 Å². The standard InChI is InChI=1S/C12H19NO.ClH/c1-9-5-3-6-10(2)12(9)11(13)7-4-8-14;/h3,5-6,11,14H,4,7-8,13H2,1-2H3;1H/t11-;/m0./s1. The smallest absolute Gasteiger partial charge is 0.0431 e. The van der Waals surface area contributed by atoms with E-state index in [0.717, 1.165) is 12.8 Å². The Morgan fingerprint density at radius 2 is 1.80 bits per heavy atom. The molecule has 15 heavy (non-hydrogen) atoms. The van der Waals surface area contributed by atoms with Crippen LogP contribution < -0.4 is 5.73 Å². The van der Waals surface area contributed by atoms with Crippen molar-refractivity contribution in [3.05, 3.63) is 34.9 Å². The molecule has 0 saturated heterocycles. The van der Waals surface area contributed by atoms with E-state index in [1.807, 2.05) is 6.07 Å². The summed E-state index contributed by atoms with van der Waals surface area (Å²) in [4.78, 5) is 0. The Bertz CT molecular complexity index is 281. The number of hydrogen-bond acceptors (Lipinski definition) is 2. The average Bonchev–Trinajstić information content (AvgIpc) is 2.14. The minimum absolute atomic E-state index is 0. The van der Waals surface area contributed by atoms with Gasteiger partial charge in [0.2, 0.25) is 0 Å². The van der Waals surface area contributed by atoms with E-state index in [9.17, 15) is 0 Å². The van der Waals surface area contributed by atoms with Crippen molar-refractivity contribution in [2.75, 3.05) is 6.61 Å². The van der Waals surface area contributed by atoms with E-state index in [0.29, 0.717) is 0 Å². The van der Waals surface area contributed by atoms with Gasteiger partial charge in [-0.2, -0.15) is 0 Å². The van der Waals surface area contributed by atoms with Crippen LogP contribution in [0.2, 0.25) is 0 Å². The number of aryl methyl sites for hydroxylation is 2. The van der Waals surface area contributed by atoms with Gasteiger partial charge in [0.15, 0.2) is 0 Å². The van der Waals surface area contributed by atoms with Gasteiger partial charge in [-0.05, 0) is 43.4 Å². The van der Waals surface area contributed by atoms with Gasteiger partial charge in [0, 0.05) is 12.6 Å². The van der Waals surface area contributed by atoms with Crippen LogP contribution in [-0.2, 0) is 0 Å². The van der Waals surface area contributed by atoms with E-state index in [-0.39, 0.29) is 25.1 Å². The fraction of sp³-hybridized carbons (Fsp3) is 0.500. The van der Waals surface area contributed by atoms with Gasteiger partial charge in [-0.15, -0.1) is 12.4 Å². The molecular weight excluding hydrogens is 210 g/mol. The van der Waals surface area contributed by atoms with Crippen molar-refractivity contribution in [1.82, 2.24) is 0 Å². The maximum Gasteiger partial charge on any atom is 0.0431 e. The number of nitrogens with two attached hydrogens (primary N) is 1. The Labute approximate surface area is 97.9 Å². The third-order valence-electron chi connectivity index (χ3n) is 2.59. The first kappa shape index (κ1) is 14.4. The summed E-state index contributed by atoms with van der Waals surface area (Å²) in [6, 6.07) is 6.28. The van der Waals surface area contributed by atoms with Gasteiger partial charge in [-0.1, -0.05) is 18.2 Å². The van der Waals surface area contributed by atoms with Crippen LogP contribution in [0, 0.1) is 13.8 Å². The van der Waals surface area contributed by atoms with Gasteiger partial charge in [0.05, 0.1) is 0 Å². The van der Waals surface area contributed by atoms with Crippen LogP contribution in [0.15, 0.2) is 18.2 Å². The number of rotatable bonds is 4. The van der Waals surface area contributed by atoms with Crippen molar-refractivity contribution >= 4 is 12.4 Å². The minimum Gasteiger partial charge on any atom is -0.396 e. The molecule has 2 nitrogen and oxygen atoms in total. The number of halogens is 1. The monoisotopic (exact) mass is 229 g/mol. The molecule has 0 bridgehead atoms. The topological polar surface area (TPSA) is 46.2 Å². The Morgan fingerprint density at radius 3 is 2.27 bits per heavy atom. The lowest BCUT2D eigenvalue weighted by molar-refractivity contribution is 0.280. The molecular formula is C12H20ClNO. The predicted molar refractivity (Wildman–Crippen MR) is 66.4 cm³/mol. The predicted octanol–water partition coefficient (Wildman–Crippen LogP) is 2.50. The van der Waals surface area contributed by atoms with Crippen molar-refractivity contribution < 1.29 is 5.11 Å². The van der Waals surface area contributed by atoms with Gasteiger partial charge < -0.3 is 10.8 Å². The van der Waals surface area contributed by atoms with Gasteiger partial charge in [0.1, 0.15) is 0 Å². The zero-order valence-electron chi connectivity index (χ0n) is 9.36. The molecule has 0 amide bonds. The zero-order chi connectivity index (χ0) is 10.6. The molecule has 0 saturated carbocycles. The third kappa shape index (κ3) is 3.82. The van der Waals surface area contributed by atoms with Crippen LogP contribution >= 0.6 is 12.4 Å². The Kier molecular flexibility index (Phi) is 6.57. The second-order valence-electron chi connectivity index (χ2n) is 3.78. The lowest BCUT2D eigenvalue weighted by Gasteiger charge is -2.16. The van der Waals surface area contributed by atoms with E-state index in [1.165, 1.54) is 16.7 Å². The highest BCUT2D eigenvalue weighted by Crippen LogP contribution is 2.23. The summed E-state index contributed by atoms with van der Waals surface area (Å²) in [5, 5.41) is 8.75. The summed E-state index contributed by atoms with van der Waals surface area (Å²) in [5.41, 5.74) is 9.80. The highest BCUT2D eigenvalue weighted by Gasteiger charge is 2.10. The molecule has 0 spiro atoms. The first-order chi connectivity index (χ1) is 6.66. The molecule has 0 radical (unpaired) electrons. The first-order valence-corrected chi connectivity index (χ1v) is 5.09. The SMILES string of the molecule is Cc1cccc(C)c1[C@@H](N)CCCO.Cl. The van der Waals surface area contributed by atoms with Crippen LogP contribution in [0.1, 0.15) is 35.6 Å². The molecule has 0 fully saturated rings. The quantitative estimate of drug-likeness (QED) is 0.834. The number of aliphatic hydroxyl groups excluding tert-OH is 1. The molecule has 1 aromatic carbocycles. The Balaban J connectivity index is 0.00000196. The highest BCUT2D eigenvalue weighted by molar-refractivity contribution is 5.85. The van der Waals surface area contributed by atoms with E-state index >= 15 is 0 Å². The second kappa shape index (κ2) is 6.83. The molecule has 0 aromatic heterocycles. The molecule has 0 aliphatic rings. The average molecular weight is 230 g/mol. The van der Waals surface area contributed by atoms with Crippen LogP contribution in [0.25, 0.3) is 0 Å². The van der Waals surface area contributed by atoms with E-state index < -0.39 is 0 Å². The van der Waals surface area contributed by atoms with Crippen LogP contribution in [-0.4, -0.2) is 11.7 Å². The minimum atomic E-state index is 0. The van der Waals surface area contributed by atoms with Gasteiger partial charge in [0.25, 0.3) is 0 Å². The van der Waals surface area contributed by atoms with Crippen molar-refractivity contribution in [1.29, 1.82) is 0 Å². The molecule has 0 unspecified atom stereocenters. The van der Waals surface area contributed by atoms with Crippen LogP contribution in [0.5, 0.6) is 0 Å². The molecule has 1 atom stereocenters. The van der Waals surface area contributed by atoms with Crippen molar-refractivity contribution in [2.45, 2.75) is 32.7 Å². The second-order valence-corrected chi connectivity index (χ2v) is 3.78. The van der Waals surface area contributed by atoms with Crippen molar-refractivity contribution in [3.8, 4) is 0 Å². The largest absolute Gasteiger partial charge is 0.396 e. The van der Waals surface area contributed by atoms with Gasteiger partial charge in [-0.25, -0.2) is 0 Å². The third-order valence-corrected chi connectivity index (χ3v) is 2.59. The fourth-order valence-corrected chi connectivity index (χ4v) is 1.87. The molecule has 3 N–H and O–H groups in total. The molecule has 0 heterocycles. The Hall–Kier alpha value is -0.570. The zero-order valence-corrected chi connectivity index (χ0v) is 10.2. The summed E-state index contributed by atoms with van der Waals surface area (Å²) in [6.45, 7) is 4.39. The summed E-state index contributed by atoms with van der Waals surface area (Å²) in [5.74, 6) is 0. The molecule has 0 aliphatic heterocycles. The molecule has 1 rings (SSSR count). The number of hydrogen-bond donors (Lipinski definition) is 2. The van der Waals surface area contributed by atoms with E-state index in [2.05, 4.69) is 26.0 Å². The lowest BCUT2D eigenvalue weighted by Crippen LogP contribution is -2.13. The Morgan fingerprint density at radius 1 is 1.27 bits per heavy atom. The number of aliphatic hydroxyl groups is 1. The van der Waals surface area contributed by atoms with Gasteiger partial charge in [-0.3, -0.25) is 0 Å². The summed E-state index contributed by atoms with van der Waals surface area (Å²) >= 11 is 0. The molecule has 86 valence electrons. The van der Waals surface area contributed by atoms with E-state index in [4.69, 9.17) is 10.8 Å². The normalized spacial score (nSPS) is 12.0. The molecule has 0 aliphatic carbocycles. The van der Waals surface area contributed by atoms with E-state index in [1.54, 1.807) is 0 Å². The summed E-state index contributed by atoms with van der Waals surface area (Å²) < 4.78 is 0. The maximum atomic E-state index is 8.75. The summed E-state index contributed by atoms with van der Waals surface area (Å²) in [7, 11) is 0. The molecule has 3 heteroatoms. The lowest BCUT2D eigenvalue weighted by atomic mass is 9.94. The highest BCUT2D eigenvalue weighted by atomic mass is 35.5. The molecule has 1 aromatic rings. The van der Waals surface area contributed by atoms with Crippen molar-refractivity contribution in [3.63, 3.8) is 0 Å².